The van der Waals surface area contributed by atoms with Crippen LogP contribution in [-0.2, 0) is 20.7 Å². The lowest BCUT2D eigenvalue weighted by Gasteiger charge is -2.32. The topological polar surface area (TPSA) is 97.3 Å². The van der Waals surface area contributed by atoms with E-state index in [1.165, 1.54) is 11.3 Å². The number of aromatic nitrogens is 3. The van der Waals surface area contributed by atoms with Crippen molar-refractivity contribution in [3.63, 3.8) is 0 Å². The first-order valence-electron chi connectivity index (χ1n) is 10.2. The number of esters is 1. The van der Waals surface area contributed by atoms with Crippen molar-refractivity contribution < 1.29 is 14.3 Å². The van der Waals surface area contributed by atoms with E-state index in [1.807, 2.05) is 29.6 Å². The summed E-state index contributed by atoms with van der Waals surface area (Å²) < 4.78 is 4.94. The second kappa shape index (κ2) is 9.97. The van der Waals surface area contributed by atoms with Crippen molar-refractivity contribution in [3.05, 3.63) is 40.7 Å². The molecule has 4 rings (SSSR count). The number of amides is 1. The Labute approximate surface area is 188 Å². The Kier molecular flexibility index (Phi) is 6.88. The van der Waals surface area contributed by atoms with E-state index in [4.69, 9.17) is 4.74 Å². The first kappa shape index (κ1) is 21.4. The van der Waals surface area contributed by atoms with Gasteiger partial charge < -0.3 is 15.0 Å². The monoisotopic (exact) mass is 457 g/mol. The molecule has 10 heteroatoms. The first-order chi connectivity index (χ1) is 15.1. The Balaban J connectivity index is 1.34. The summed E-state index contributed by atoms with van der Waals surface area (Å²) in [6.45, 7) is 3.53. The third kappa shape index (κ3) is 5.45. The van der Waals surface area contributed by atoms with Crippen LogP contribution in [0.1, 0.15) is 25.5 Å². The van der Waals surface area contributed by atoms with E-state index in [1.54, 1.807) is 23.6 Å². The smallest absolute Gasteiger partial charge is 0.311 e. The summed E-state index contributed by atoms with van der Waals surface area (Å²) >= 11 is 2.94. The van der Waals surface area contributed by atoms with E-state index < -0.39 is 0 Å². The highest BCUT2D eigenvalue weighted by Crippen LogP contribution is 2.26. The zero-order valence-corrected chi connectivity index (χ0v) is 18.7. The molecule has 0 aliphatic carbocycles. The van der Waals surface area contributed by atoms with Gasteiger partial charge in [-0.15, -0.1) is 32.9 Å². The van der Waals surface area contributed by atoms with Gasteiger partial charge in [0.05, 0.1) is 29.5 Å². The van der Waals surface area contributed by atoms with Gasteiger partial charge in [-0.1, -0.05) is 6.07 Å². The van der Waals surface area contributed by atoms with Crippen LogP contribution >= 0.6 is 22.7 Å². The molecule has 3 aromatic heterocycles. The molecular weight excluding hydrogens is 434 g/mol. The fraction of sp³-hybridized carbons (Fsp3) is 0.381. The summed E-state index contributed by atoms with van der Waals surface area (Å²) in [4.78, 5) is 31.9. The molecule has 1 saturated heterocycles. The number of nitrogens with zero attached hydrogens (tertiary/aromatic N) is 4. The molecule has 1 aliphatic rings. The summed E-state index contributed by atoms with van der Waals surface area (Å²) in [5.41, 5.74) is 1.46. The molecule has 0 unspecified atom stereocenters. The van der Waals surface area contributed by atoms with E-state index in [0.29, 0.717) is 24.0 Å². The first-order valence-corrected chi connectivity index (χ1v) is 11.9. The number of thiophene rings is 1. The number of carbonyl (C=O) groups excluding carboxylic acids is 2. The van der Waals surface area contributed by atoms with Crippen LogP contribution < -0.4 is 10.2 Å². The van der Waals surface area contributed by atoms with E-state index in [-0.39, 0.29) is 24.2 Å². The number of nitrogens with one attached hydrogen (secondary N) is 1. The second-order valence-corrected chi connectivity index (χ2v) is 8.96. The minimum absolute atomic E-state index is 0.0649. The highest BCUT2D eigenvalue weighted by molar-refractivity contribution is 7.14. The number of hydrogen-bond donors (Lipinski definition) is 1. The van der Waals surface area contributed by atoms with Crippen molar-refractivity contribution in [1.29, 1.82) is 0 Å². The summed E-state index contributed by atoms with van der Waals surface area (Å²) in [6, 6.07) is 7.95. The fourth-order valence-corrected chi connectivity index (χ4v) is 4.87. The number of thiazole rings is 1. The lowest BCUT2D eigenvalue weighted by atomic mass is 9.97. The fourth-order valence-electron chi connectivity index (χ4n) is 3.46. The Morgan fingerprint density at radius 3 is 2.90 bits per heavy atom. The normalized spacial score (nSPS) is 16.2. The third-order valence-corrected chi connectivity index (χ3v) is 6.65. The molecule has 8 nitrogen and oxygen atoms in total. The highest BCUT2D eigenvalue weighted by atomic mass is 32.1. The van der Waals surface area contributed by atoms with Crippen molar-refractivity contribution in [2.75, 3.05) is 29.9 Å². The van der Waals surface area contributed by atoms with Crippen LogP contribution in [0.5, 0.6) is 0 Å². The van der Waals surface area contributed by atoms with Gasteiger partial charge >= 0.3 is 5.97 Å². The predicted octanol–water partition coefficient (Wildman–Crippen LogP) is 3.62. The summed E-state index contributed by atoms with van der Waals surface area (Å²) in [7, 11) is 0. The average molecular weight is 458 g/mol. The lowest BCUT2D eigenvalue weighted by Crippen LogP contribution is -2.41. The van der Waals surface area contributed by atoms with E-state index in [2.05, 4.69) is 25.4 Å². The molecule has 162 valence electrons. The molecular formula is C21H23N5O3S2. The molecule has 4 heterocycles. The van der Waals surface area contributed by atoms with E-state index in [9.17, 15) is 9.59 Å². The van der Waals surface area contributed by atoms with Crippen LogP contribution in [0.15, 0.2) is 35.0 Å². The van der Waals surface area contributed by atoms with Gasteiger partial charge in [0.15, 0.2) is 10.9 Å². The third-order valence-electron chi connectivity index (χ3n) is 4.95. The molecule has 3 aromatic rings. The maximum atomic E-state index is 12.8. The quantitative estimate of drug-likeness (QED) is 0.541. The summed E-state index contributed by atoms with van der Waals surface area (Å²) in [6.07, 6.45) is 1.82. The van der Waals surface area contributed by atoms with Crippen molar-refractivity contribution in [2.24, 2.45) is 5.92 Å². The number of anilines is 2. The molecule has 31 heavy (non-hydrogen) atoms. The van der Waals surface area contributed by atoms with E-state index in [0.717, 1.165) is 35.8 Å². The van der Waals surface area contributed by atoms with Crippen molar-refractivity contribution in [3.8, 4) is 10.6 Å². The maximum Gasteiger partial charge on any atom is 0.311 e. The lowest BCUT2D eigenvalue weighted by molar-refractivity contribution is -0.142. The van der Waals surface area contributed by atoms with Gasteiger partial charge in [-0.05, 0) is 43.3 Å². The maximum absolute atomic E-state index is 12.8. The van der Waals surface area contributed by atoms with Gasteiger partial charge in [0.25, 0.3) is 0 Å². The molecule has 1 fully saturated rings. The SMILES string of the molecule is CCOC(=O)Cc1csc(NC(=O)[C@@H]2CCCN(c3ccc(-c4cccs4)nn3)C2)n1. The molecule has 1 aliphatic heterocycles. The molecule has 0 aromatic carbocycles. The highest BCUT2D eigenvalue weighted by Gasteiger charge is 2.27. The standard InChI is InChI=1S/C21H23N5O3S2/c1-2-29-19(27)11-15-13-31-21(22-15)23-20(28)14-5-3-9-26(12-14)18-8-7-16(24-25-18)17-6-4-10-30-17/h4,6-8,10,13-14H,2-3,5,9,11-12H2,1H3,(H,22,23,28)/t14-/m1/s1. The van der Waals surface area contributed by atoms with Crippen LogP contribution in [0.4, 0.5) is 10.9 Å². The van der Waals surface area contributed by atoms with Crippen LogP contribution in [0.25, 0.3) is 10.6 Å². The Bertz CT molecular complexity index is 1020. The van der Waals surface area contributed by atoms with Crippen molar-refractivity contribution in [1.82, 2.24) is 15.2 Å². The zero-order chi connectivity index (χ0) is 21.6. The number of piperidine rings is 1. The van der Waals surface area contributed by atoms with Gasteiger partial charge in [0, 0.05) is 18.5 Å². The average Bonchev–Trinajstić information content (AvgIpc) is 3.47. The Hall–Kier alpha value is -2.85. The summed E-state index contributed by atoms with van der Waals surface area (Å²) in [5, 5.41) is 15.9. The summed E-state index contributed by atoms with van der Waals surface area (Å²) in [5.74, 6) is 0.235. The second-order valence-electron chi connectivity index (χ2n) is 7.15. The van der Waals surface area contributed by atoms with Crippen LogP contribution in [0, 0.1) is 5.92 Å². The van der Waals surface area contributed by atoms with Crippen molar-refractivity contribution >= 4 is 45.5 Å². The van der Waals surface area contributed by atoms with Crippen LogP contribution in [0.3, 0.4) is 0 Å². The molecule has 0 saturated carbocycles. The predicted molar refractivity (Wildman–Crippen MR) is 121 cm³/mol. The van der Waals surface area contributed by atoms with E-state index >= 15 is 0 Å². The largest absolute Gasteiger partial charge is 0.466 e. The number of rotatable bonds is 7. The minimum atomic E-state index is -0.320. The molecule has 1 N–H and O–H groups in total. The van der Waals surface area contributed by atoms with Crippen molar-refractivity contribution in [2.45, 2.75) is 26.2 Å². The minimum Gasteiger partial charge on any atom is -0.466 e. The van der Waals surface area contributed by atoms with Gasteiger partial charge in [0.1, 0.15) is 5.69 Å². The van der Waals surface area contributed by atoms with Crippen LogP contribution in [0.2, 0.25) is 0 Å². The molecule has 1 atom stereocenters. The molecule has 0 spiro atoms. The van der Waals surface area contributed by atoms with Crippen LogP contribution in [-0.4, -0.2) is 46.8 Å². The number of hydrogen-bond acceptors (Lipinski definition) is 9. The Morgan fingerprint density at radius 1 is 1.26 bits per heavy atom. The number of ether oxygens (including phenoxy) is 1. The van der Waals surface area contributed by atoms with Gasteiger partial charge in [-0.3, -0.25) is 9.59 Å². The molecule has 1 amide bonds. The molecule has 0 radical (unpaired) electrons. The van der Waals surface area contributed by atoms with Gasteiger partial charge in [-0.2, -0.15) is 0 Å². The number of carbonyl (C=O) groups is 2. The Morgan fingerprint density at radius 2 is 2.16 bits per heavy atom. The molecule has 0 bridgehead atoms. The van der Waals surface area contributed by atoms with Gasteiger partial charge in [-0.25, -0.2) is 4.98 Å². The van der Waals surface area contributed by atoms with Gasteiger partial charge in [0.2, 0.25) is 5.91 Å². The zero-order valence-electron chi connectivity index (χ0n) is 17.1.